The van der Waals surface area contributed by atoms with E-state index in [9.17, 15) is 19.7 Å². The number of nitrogens with zero attached hydrogens (tertiary/aromatic N) is 2. The van der Waals surface area contributed by atoms with Crippen molar-refractivity contribution in [3.63, 3.8) is 0 Å². The number of non-ortho nitro benzene ring substituents is 1. The summed E-state index contributed by atoms with van der Waals surface area (Å²) in [6.07, 6.45) is 1.52. The number of imide groups is 1. The summed E-state index contributed by atoms with van der Waals surface area (Å²) in [7, 11) is 2.94. The van der Waals surface area contributed by atoms with Gasteiger partial charge < -0.3 is 9.47 Å². The summed E-state index contributed by atoms with van der Waals surface area (Å²) in [5, 5.41) is 10.3. The van der Waals surface area contributed by atoms with E-state index in [2.05, 4.69) is 0 Å². The summed E-state index contributed by atoms with van der Waals surface area (Å²) in [5.41, 5.74) is 0.837. The van der Waals surface area contributed by atoms with Crippen LogP contribution in [0.4, 0.5) is 16.2 Å². The molecule has 1 fully saturated rings. The van der Waals surface area contributed by atoms with Crippen LogP contribution in [0, 0.1) is 10.1 Å². The van der Waals surface area contributed by atoms with Gasteiger partial charge in [0.2, 0.25) is 0 Å². The molecule has 1 saturated heterocycles. The van der Waals surface area contributed by atoms with Crippen molar-refractivity contribution in [1.29, 1.82) is 0 Å². The minimum Gasteiger partial charge on any atom is -0.497 e. The van der Waals surface area contributed by atoms with Gasteiger partial charge in [0.25, 0.3) is 16.8 Å². The molecule has 0 aliphatic carbocycles. The van der Waals surface area contributed by atoms with Gasteiger partial charge in [-0.25, -0.2) is 4.90 Å². The normalized spacial score (nSPS) is 15.3. The highest BCUT2D eigenvalue weighted by molar-refractivity contribution is 8.19. The lowest BCUT2D eigenvalue weighted by Gasteiger charge is -2.16. The van der Waals surface area contributed by atoms with Gasteiger partial charge >= 0.3 is 0 Å². The summed E-state index contributed by atoms with van der Waals surface area (Å²) < 4.78 is 10.4. The predicted octanol–water partition coefficient (Wildman–Crippen LogP) is 3.85. The molecule has 8 nitrogen and oxygen atoms in total. The topological polar surface area (TPSA) is 99.0 Å². The average molecular weight is 386 g/mol. The molecule has 0 radical (unpaired) electrons. The summed E-state index contributed by atoms with van der Waals surface area (Å²) in [6, 6.07) is 10.5. The monoisotopic (exact) mass is 386 g/mol. The van der Waals surface area contributed by atoms with Crippen molar-refractivity contribution in [3.8, 4) is 11.5 Å². The van der Waals surface area contributed by atoms with Gasteiger partial charge in [0.1, 0.15) is 11.5 Å². The fourth-order valence-corrected chi connectivity index (χ4v) is 3.32. The fourth-order valence-electron chi connectivity index (χ4n) is 2.49. The molecule has 0 unspecified atom stereocenters. The number of methoxy groups -OCH3 is 2. The van der Waals surface area contributed by atoms with Crippen LogP contribution in [0.25, 0.3) is 6.08 Å². The largest absolute Gasteiger partial charge is 0.497 e. The Hall–Kier alpha value is -3.33. The molecule has 0 saturated carbocycles. The number of benzene rings is 2. The molecule has 9 heteroatoms. The second kappa shape index (κ2) is 7.50. The van der Waals surface area contributed by atoms with Crippen LogP contribution in [0.1, 0.15) is 5.56 Å². The van der Waals surface area contributed by atoms with Crippen molar-refractivity contribution in [2.45, 2.75) is 0 Å². The van der Waals surface area contributed by atoms with Gasteiger partial charge in [-0.15, -0.1) is 0 Å². The predicted molar refractivity (Wildman–Crippen MR) is 101 cm³/mol. The molecule has 0 N–H and O–H groups in total. The number of nitro groups is 1. The van der Waals surface area contributed by atoms with E-state index in [0.717, 1.165) is 16.7 Å². The highest BCUT2D eigenvalue weighted by Gasteiger charge is 2.37. The van der Waals surface area contributed by atoms with E-state index >= 15 is 0 Å². The fraction of sp³-hybridized carbons (Fsp3) is 0.111. The lowest BCUT2D eigenvalue weighted by molar-refractivity contribution is -0.384. The third-order valence-electron chi connectivity index (χ3n) is 3.82. The maximum Gasteiger partial charge on any atom is 0.298 e. The van der Waals surface area contributed by atoms with Crippen LogP contribution in [0.15, 0.2) is 47.4 Å². The molecule has 2 amide bonds. The number of hydrogen-bond acceptors (Lipinski definition) is 7. The Morgan fingerprint density at radius 2 is 1.78 bits per heavy atom. The van der Waals surface area contributed by atoms with E-state index < -0.39 is 16.1 Å². The van der Waals surface area contributed by atoms with Gasteiger partial charge in [0, 0.05) is 18.2 Å². The first-order valence-electron chi connectivity index (χ1n) is 7.69. The minimum absolute atomic E-state index is 0.0526. The molecule has 1 aliphatic heterocycles. The average Bonchev–Trinajstić information content (AvgIpc) is 2.94. The van der Waals surface area contributed by atoms with Crippen molar-refractivity contribution in [1.82, 2.24) is 0 Å². The van der Waals surface area contributed by atoms with Crippen LogP contribution in [0.5, 0.6) is 11.5 Å². The number of ether oxygens (including phenoxy) is 2. The van der Waals surface area contributed by atoms with Crippen molar-refractivity contribution in [2.24, 2.45) is 0 Å². The summed E-state index contributed by atoms with van der Waals surface area (Å²) in [6.45, 7) is 0. The first kappa shape index (κ1) is 18.5. The molecule has 138 valence electrons. The molecule has 0 aromatic heterocycles. The Morgan fingerprint density at radius 3 is 2.37 bits per heavy atom. The summed E-state index contributed by atoms with van der Waals surface area (Å²) in [5.74, 6) is 0.365. The lowest BCUT2D eigenvalue weighted by Crippen LogP contribution is -2.28. The number of rotatable bonds is 5. The third kappa shape index (κ3) is 3.63. The zero-order chi connectivity index (χ0) is 19.6. The van der Waals surface area contributed by atoms with Gasteiger partial charge in [-0.2, -0.15) is 0 Å². The van der Waals surface area contributed by atoms with E-state index in [0.29, 0.717) is 22.7 Å². The number of carbonyl (C=O) groups is 2. The zero-order valence-corrected chi connectivity index (χ0v) is 15.2. The number of nitro benzene ring substituents is 1. The Bertz CT molecular complexity index is 955. The second-order valence-electron chi connectivity index (χ2n) is 5.40. The lowest BCUT2D eigenvalue weighted by atomic mass is 10.2. The van der Waals surface area contributed by atoms with Gasteiger partial charge in [-0.1, -0.05) is 0 Å². The highest BCUT2D eigenvalue weighted by Crippen LogP contribution is 2.41. The molecule has 0 spiro atoms. The molecule has 3 rings (SSSR count). The Labute approximate surface area is 158 Å². The molecule has 1 aliphatic rings. The van der Waals surface area contributed by atoms with Crippen LogP contribution in [0.3, 0.4) is 0 Å². The minimum atomic E-state index is -0.506. The van der Waals surface area contributed by atoms with Gasteiger partial charge in [-0.3, -0.25) is 19.7 Å². The number of anilines is 1. The maximum absolute atomic E-state index is 12.7. The number of thioether (sulfide) groups is 1. The molecular weight excluding hydrogens is 372 g/mol. The number of amides is 2. The SMILES string of the molecule is COc1ccc(N2C(=O)S/C(=C\c3ccc([N+](=O)[O-])cc3)C2=O)c(OC)c1. The molecule has 2 aromatic carbocycles. The van der Waals surface area contributed by atoms with Crippen molar-refractivity contribution < 1.29 is 24.0 Å². The number of hydrogen-bond donors (Lipinski definition) is 0. The van der Waals surface area contributed by atoms with Gasteiger partial charge in [0.05, 0.1) is 29.7 Å². The Morgan fingerprint density at radius 1 is 1.07 bits per heavy atom. The second-order valence-corrected chi connectivity index (χ2v) is 6.40. The van der Waals surface area contributed by atoms with Crippen LogP contribution in [0.2, 0.25) is 0 Å². The van der Waals surface area contributed by atoms with Gasteiger partial charge in [-0.05, 0) is 47.7 Å². The first-order valence-corrected chi connectivity index (χ1v) is 8.50. The van der Waals surface area contributed by atoms with Crippen molar-refractivity contribution in [2.75, 3.05) is 19.1 Å². The molecule has 27 heavy (non-hydrogen) atoms. The Balaban J connectivity index is 1.92. The van der Waals surface area contributed by atoms with Crippen molar-refractivity contribution >= 4 is 40.4 Å². The van der Waals surface area contributed by atoms with Crippen molar-refractivity contribution in [3.05, 3.63) is 63.0 Å². The van der Waals surface area contributed by atoms with E-state index in [1.807, 2.05) is 0 Å². The van der Waals surface area contributed by atoms with E-state index in [4.69, 9.17) is 9.47 Å². The molecule has 1 heterocycles. The molecule has 0 atom stereocenters. The quantitative estimate of drug-likeness (QED) is 0.437. The summed E-state index contributed by atoms with van der Waals surface area (Å²) >= 11 is 0.789. The number of carbonyl (C=O) groups excluding carboxylic acids is 2. The van der Waals surface area contributed by atoms with Crippen LogP contribution < -0.4 is 14.4 Å². The first-order chi connectivity index (χ1) is 12.9. The van der Waals surface area contributed by atoms with Crippen LogP contribution in [-0.4, -0.2) is 30.3 Å². The van der Waals surface area contributed by atoms with Crippen LogP contribution >= 0.6 is 11.8 Å². The van der Waals surface area contributed by atoms with E-state index in [1.54, 1.807) is 18.2 Å². The Kier molecular flexibility index (Phi) is 5.13. The highest BCUT2D eigenvalue weighted by atomic mass is 32.2. The standard InChI is InChI=1S/C18H14N2O6S/c1-25-13-7-8-14(15(10-13)26-2)19-17(21)16(27-18(19)22)9-11-3-5-12(6-4-11)20(23)24/h3-10H,1-2H3/b16-9-. The van der Waals surface area contributed by atoms with Gasteiger partial charge in [0.15, 0.2) is 0 Å². The smallest absolute Gasteiger partial charge is 0.298 e. The molecular formula is C18H14N2O6S. The van der Waals surface area contributed by atoms with E-state index in [1.165, 1.54) is 44.6 Å². The van der Waals surface area contributed by atoms with Crippen LogP contribution in [-0.2, 0) is 4.79 Å². The van der Waals surface area contributed by atoms with E-state index in [-0.39, 0.29) is 10.6 Å². The molecule has 2 aromatic rings. The maximum atomic E-state index is 12.7. The molecule has 0 bridgehead atoms. The zero-order valence-electron chi connectivity index (χ0n) is 14.4. The summed E-state index contributed by atoms with van der Waals surface area (Å²) in [4.78, 5) is 36.6. The third-order valence-corrected chi connectivity index (χ3v) is 4.69.